The molecule has 5 heteroatoms. The van der Waals surface area contributed by atoms with E-state index < -0.39 is 5.60 Å². The lowest BCUT2D eigenvalue weighted by molar-refractivity contribution is 0.0227. The highest BCUT2D eigenvalue weighted by Crippen LogP contribution is 2.29. The molecule has 0 radical (unpaired) electrons. The third kappa shape index (κ3) is 3.40. The number of amides is 1. The first-order valence-electron chi connectivity index (χ1n) is 8.51. The summed E-state index contributed by atoms with van der Waals surface area (Å²) in [6, 6.07) is 4.95. The van der Waals surface area contributed by atoms with Crippen molar-refractivity contribution in [3.63, 3.8) is 0 Å². The minimum absolute atomic E-state index is 0.127. The van der Waals surface area contributed by atoms with Crippen LogP contribution in [0.25, 0.3) is 10.9 Å². The van der Waals surface area contributed by atoms with Crippen LogP contribution in [-0.4, -0.2) is 34.2 Å². The predicted molar refractivity (Wildman–Crippen MR) is 92.7 cm³/mol. The van der Waals surface area contributed by atoms with E-state index in [0.717, 1.165) is 48.0 Å². The van der Waals surface area contributed by atoms with Gasteiger partial charge >= 0.3 is 6.09 Å². The number of aryl methyl sites for hydroxylation is 1. The largest absolute Gasteiger partial charge is 0.444 e. The predicted octanol–water partition coefficient (Wildman–Crippen LogP) is 4.56. The number of hydrogen-bond acceptors (Lipinski definition) is 2. The number of nitrogens with zero attached hydrogens (tertiary/aromatic N) is 1. The van der Waals surface area contributed by atoms with Crippen molar-refractivity contribution in [2.45, 2.75) is 58.6 Å². The van der Waals surface area contributed by atoms with Crippen LogP contribution in [-0.2, 0) is 11.2 Å². The van der Waals surface area contributed by atoms with E-state index in [2.05, 4.69) is 4.98 Å². The molecule has 2 heterocycles. The Labute approximate surface area is 142 Å². The van der Waals surface area contributed by atoms with Gasteiger partial charge in [-0.3, -0.25) is 0 Å². The van der Waals surface area contributed by atoms with Crippen molar-refractivity contribution in [3.8, 4) is 0 Å². The van der Waals surface area contributed by atoms with Crippen LogP contribution >= 0.6 is 0 Å². The highest BCUT2D eigenvalue weighted by atomic mass is 19.1. The van der Waals surface area contributed by atoms with Gasteiger partial charge in [-0.15, -0.1) is 0 Å². The Hall–Kier alpha value is -2.04. The number of ether oxygens (including phenoxy) is 1. The molecule has 0 bridgehead atoms. The normalized spacial score (nSPS) is 18.4. The highest BCUT2D eigenvalue weighted by molar-refractivity contribution is 5.84. The second kappa shape index (κ2) is 6.11. The maximum Gasteiger partial charge on any atom is 0.410 e. The summed E-state index contributed by atoms with van der Waals surface area (Å²) < 4.78 is 19.0. The van der Waals surface area contributed by atoms with Gasteiger partial charge in [-0.25, -0.2) is 9.18 Å². The van der Waals surface area contributed by atoms with E-state index in [1.807, 2.05) is 38.7 Å². The number of hydrogen-bond donors (Lipinski definition) is 1. The summed E-state index contributed by atoms with van der Waals surface area (Å²) in [5.41, 5.74) is 2.51. The standard InChI is InChI=1S/C19H25FN2O2/c1-12-16(15-8-7-13(20)10-17(15)21-12)11-14-6-5-9-22(14)18(23)24-19(2,3)4/h7-8,10,14,21H,5-6,9,11H2,1-4H3/t14-/m0/s1. The second-order valence-corrected chi connectivity index (χ2v) is 7.59. The van der Waals surface area contributed by atoms with Crippen LogP contribution in [0.15, 0.2) is 18.2 Å². The Balaban J connectivity index is 1.82. The van der Waals surface area contributed by atoms with Gasteiger partial charge in [-0.1, -0.05) is 0 Å². The Bertz CT molecular complexity index is 761. The first-order valence-corrected chi connectivity index (χ1v) is 8.51. The Kier molecular flexibility index (Phi) is 4.28. The third-order valence-corrected chi connectivity index (χ3v) is 4.53. The number of aromatic nitrogens is 1. The number of H-pyrrole nitrogens is 1. The summed E-state index contributed by atoms with van der Waals surface area (Å²) in [5, 5.41) is 1.03. The number of benzene rings is 1. The van der Waals surface area contributed by atoms with Crippen LogP contribution in [0.1, 0.15) is 44.9 Å². The number of fused-ring (bicyclic) bond motifs is 1. The molecular formula is C19H25FN2O2. The molecule has 24 heavy (non-hydrogen) atoms. The minimum atomic E-state index is -0.488. The molecule has 1 amide bonds. The summed E-state index contributed by atoms with van der Waals surface area (Å²) in [7, 11) is 0. The summed E-state index contributed by atoms with van der Waals surface area (Å²) in [6.07, 6.45) is 2.47. The van der Waals surface area contributed by atoms with Crippen molar-refractivity contribution in [2.75, 3.05) is 6.54 Å². The first kappa shape index (κ1) is 16.8. The van der Waals surface area contributed by atoms with Crippen molar-refractivity contribution in [1.29, 1.82) is 0 Å². The molecule has 1 fully saturated rings. The van der Waals surface area contributed by atoms with Crippen LogP contribution < -0.4 is 0 Å². The van der Waals surface area contributed by atoms with E-state index >= 15 is 0 Å². The van der Waals surface area contributed by atoms with Crippen molar-refractivity contribution in [1.82, 2.24) is 9.88 Å². The molecule has 3 rings (SSSR count). The second-order valence-electron chi connectivity index (χ2n) is 7.59. The topological polar surface area (TPSA) is 45.3 Å². The molecule has 0 spiro atoms. The molecule has 0 unspecified atom stereocenters. The summed E-state index contributed by atoms with van der Waals surface area (Å²) in [6.45, 7) is 8.38. The smallest absolute Gasteiger partial charge is 0.410 e. The molecule has 1 atom stereocenters. The lowest BCUT2D eigenvalue weighted by atomic mass is 10.0. The lowest BCUT2D eigenvalue weighted by Gasteiger charge is -2.28. The van der Waals surface area contributed by atoms with Gasteiger partial charge in [-0.05, 0) is 70.7 Å². The van der Waals surface area contributed by atoms with Gasteiger partial charge in [0.1, 0.15) is 11.4 Å². The number of likely N-dealkylation sites (tertiary alicyclic amines) is 1. The highest BCUT2D eigenvalue weighted by Gasteiger charge is 2.32. The molecule has 1 saturated heterocycles. The molecule has 130 valence electrons. The summed E-state index contributed by atoms with van der Waals surface area (Å²) in [5.74, 6) is -0.244. The van der Waals surface area contributed by atoms with Crippen LogP contribution in [0.5, 0.6) is 0 Å². The molecule has 0 aliphatic carbocycles. The van der Waals surface area contributed by atoms with Crippen molar-refractivity contribution >= 4 is 17.0 Å². The maximum absolute atomic E-state index is 13.4. The molecular weight excluding hydrogens is 307 g/mol. The molecule has 4 nitrogen and oxygen atoms in total. The maximum atomic E-state index is 13.4. The quantitative estimate of drug-likeness (QED) is 0.876. The summed E-state index contributed by atoms with van der Waals surface area (Å²) >= 11 is 0. The molecule has 1 aliphatic heterocycles. The van der Waals surface area contributed by atoms with Crippen molar-refractivity contribution < 1.29 is 13.9 Å². The van der Waals surface area contributed by atoms with E-state index in [4.69, 9.17) is 4.74 Å². The van der Waals surface area contributed by atoms with Crippen molar-refractivity contribution in [2.24, 2.45) is 0 Å². The molecule has 1 aromatic carbocycles. The molecule has 1 N–H and O–H groups in total. The lowest BCUT2D eigenvalue weighted by Crippen LogP contribution is -2.40. The number of carbonyl (C=O) groups is 1. The number of rotatable bonds is 2. The fraction of sp³-hybridized carbons (Fsp3) is 0.526. The molecule has 1 aliphatic rings. The first-order chi connectivity index (χ1) is 11.2. The van der Waals surface area contributed by atoms with Gasteiger partial charge in [0.15, 0.2) is 0 Å². The van der Waals surface area contributed by atoms with Crippen LogP contribution in [0, 0.1) is 12.7 Å². The fourth-order valence-electron chi connectivity index (χ4n) is 3.47. The van der Waals surface area contributed by atoms with Gasteiger partial charge in [0, 0.05) is 29.2 Å². The van der Waals surface area contributed by atoms with E-state index in [1.54, 1.807) is 0 Å². The van der Waals surface area contributed by atoms with E-state index in [1.165, 1.54) is 12.1 Å². The molecule has 0 saturated carbocycles. The molecule has 1 aromatic heterocycles. The number of halogens is 1. The average molecular weight is 332 g/mol. The number of carbonyl (C=O) groups excluding carboxylic acids is 1. The van der Waals surface area contributed by atoms with E-state index in [9.17, 15) is 9.18 Å². The summed E-state index contributed by atoms with van der Waals surface area (Å²) in [4.78, 5) is 17.5. The van der Waals surface area contributed by atoms with Gasteiger partial charge in [0.05, 0.1) is 0 Å². The van der Waals surface area contributed by atoms with Crippen molar-refractivity contribution in [3.05, 3.63) is 35.3 Å². The Morgan fingerprint density at radius 3 is 2.88 bits per heavy atom. The molecule has 2 aromatic rings. The monoisotopic (exact) mass is 332 g/mol. The number of aromatic amines is 1. The van der Waals surface area contributed by atoms with Gasteiger partial charge in [0.25, 0.3) is 0 Å². The Morgan fingerprint density at radius 1 is 1.42 bits per heavy atom. The van der Waals surface area contributed by atoms with E-state index in [0.29, 0.717) is 0 Å². The van der Waals surface area contributed by atoms with Crippen LogP contribution in [0.4, 0.5) is 9.18 Å². The third-order valence-electron chi connectivity index (χ3n) is 4.53. The number of nitrogens with one attached hydrogen (secondary N) is 1. The van der Waals surface area contributed by atoms with Crippen LogP contribution in [0.2, 0.25) is 0 Å². The van der Waals surface area contributed by atoms with E-state index in [-0.39, 0.29) is 18.0 Å². The zero-order valence-corrected chi connectivity index (χ0v) is 14.8. The van der Waals surface area contributed by atoms with Gasteiger partial charge in [-0.2, -0.15) is 0 Å². The van der Waals surface area contributed by atoms with Gasteiger partial charge < -0.3 is 14.6 Å². The Morgan fingerprint density at radius 2 is 2.17 bits per heavy atom. The SMILES string of the molecule is Cc1[nH]c2cc(F)ccc2c1C[C@@H]1CCCN1C(=O)OC(C)(C)C. The van der Waals surface area contributed by atoms with Gasteiger partial charge in [0.2, 0.25) is 0 Å². The zero-order chi connectivity index (χ0) is 17.5. The zero-order valence-electron chi connectivity index (χ0n) is 14.8. The minimum Gasteiger partial charge on any atom is -0.444 e. The van der Waals surface area contributed by atoms with Crippen LogP contribution in [0.3, 0.4) is 0 Å². The average Bonchev–Trinajstić information content (AvgIpc) is 3.02. The fourth-order valence-corrected chi connectivity index (χ4v) is 3.47.